The predicted molar refractivity (Wildman–Crippen MR) is 65.5 cm³/mol. The summed E-state index contributed by atoms with van der Waals surface area (Å²) in [6.45, 7) is 6.41. The Morgan fingerprint density at radius 2 is 1.93 bits per heavy atom. The largest absolute Gasteiger partial charge is 0.120 e. The molecule has 14 heavy (non-hydrogen) atoms. The summed E-state index contributed by atoms with van der Waals surface area (Å²) in [5, 5.41) is 0. The van der Waals surface area contributed by atoms with E-state index in [1.165, 1.54) is 21.2 Å². The average molecular weight is 251 g/mol. The molecule has 0 aliphatic rings. The van der Waals surface area contributed by atoms with Crippen LogP contribution in [0.25, 0.3) is 0 Å². The molecule has 1 heteroatoms. The van der Waals surface area contributed by atoms with Crippen molar-refractivity contribution in [3.05, 3.63) is 33.3 Å². The van der Waals surface area contributed by atoms with Gasteiger partial charge in [-0.3, -0.25) is 0 Å². The highest BCUT2D eigenvalue weighted by molar-refractivity contribution is 9.10. The molecule has 1 rings (SSSR count). The average Bonchev–Trinajstić information content (AvgIpc) is 2.11. The minimum absolute atomic E-state index is 0.425. The fourth-order valence-electron chi connectivity index (χ4n) is 1.47. The lowest BCUT2D eigenvalue weighted by Gasteiger charge is -2.13. The van der Waals surface area contributed by atoms with Crippen LogP contribution in [0.3, 0.4) is 0 Å². The van der Waals surface area contributed by atoms with E-state index in [0.29, 0.717) is 5.92 Å². The molecule has 0 saturated heterocycles. The van der Waals surface area contributed by atoms with Crippen molar-refractivity contribution in [3.63, 3.8) is 0 Å². The summed E-state index contributed by atoms with van der Waals surface area (Å²) in [6.07, 6.45) is 6.11. The Kier molecular flexibility index (Phi) is 3.77. The molecular weight excluding hydrogens is 236 g/mol. The van der Waals surface area contributed by atoms with Gasteiger partial charge in [0.05, 0.1) is 0 Å². The van der Waals surface area contributed by atoms with Crippen molar-refractivity contribution in [2.75, 3.05) is 0 Å². The molecule has 0 radical (unpaired) electrons. The summed E-state index contributed by atoms with van der Waals surface area (Å²) >= 11 is 3.58. The standard InChI is InChI=1S/C13H15Br/c1-5-6-9(2)12-7-10(3)11(4)8-13(12)14/h1,7-9H,6H2,2-4H3. The van der Waals surface area contributed by atoms with Crippen LogP contribution in [0.2, 0.25) is 0 Å². The van der Waals surface area contributed by atoms with Crippen LogP contribution >= 0.6 is 15.9 Å². The molecule has 0 N–H and O–H groups in total. The molecule has 1 aromatic rings. The van der Waals surface area contributed by atoms with E-state index >= 15 is 0 Å². The SMILES string of the molecule is C#CCC(C)c1cc(C)c(C)cc1Br. The van der Waals surface area contributed by atoms with E-state index in [9.17, 15) is 0 Å². The first-order chi connectivity index (χ1) is 6.56. The fourth-order valence-corrected chi connectivity index (χ4v) is 2.32. The molecule has 1 aromatic carbocycles. The maximum atomic E-state index is 5.32. The molecule has 1 unspecified atom stereocenters. The minimum atomic E-state index is 0.425. The van der Waals surface area contributed by atoms with Crippen LogP contribution in [0.5, 0.6) is 0 Å². The summed E-state index contributed by atoms with van der Waals surface area (Å²) in [6, 6.07) is 4.39. The Morgan fingerprint density at radius 1 is 1.36 bits per heavy atom. The van der Waals surface area contributed by atoms with Gasteiger partial charge in [0.1, 0.15) is 0 Å². The second kappa shape index (κ2) is 4.66. The zero-order valence-electron chi connectivity index (χ0n) is 8.89. The molecule has 0 heterocycles. The van der Waals surface area contributed by atoms with E-state index in [1.807, 2.05) is 0 Å². The second-order valence-corrected chi connectivity index (χ2v) is 4.62. The summed E-state index contributed by atoms with van der Waals surface area (Å²) in [5.74, 6) is 3.13. The first kappa shape index (κ1) is 11.3. The molecule has 74 valence electrons. The fraction of sp³-hybridized carbons (Fsp3) is 0.385. The van der Waals surface area contributed by atoms with Crippen LogP contribution in [0.4, 0.5) is 0 Å². The van der Waals surface area contributed by atoms with Crippen molar-refractivity contribution < 1.29 is 0 Å². The van der Waals surface area contributed by atoms with Gasteiger partial charge in [0.15, 0.2) is 0 Å². The molecule has 0 fully saturated rings. The lowest BCUT2D eigenvalue weighted by atomic mass is 9.95. The smallest absolute Gasteiger partial charge is 0.0213 e. The molecule has 0 aliphatic carbocycles. The Morgan fingerprint density at radius 3 is 2.50 bits per heavy atom. The monoisotopic (exact) mass is 250 g/mol. The predicted octanol–water partition coefficient (Wildman–Crippen LogP) is 4.19. The van der Waals surface area contributed by atoms with Gasteiger partial charge in [0.25, 0.3) is 0 Å². The molecular formula is C13H15Br. The number of aryl methyl sites for hydroxylation is 2. The molecule has 0 aromatic heterocycles. The van der Waals surface area contributed by atoms with Crippen molar-refractivity contribution >= 4 is 15.9 Å². The third-order valence-electron chi connectivity index (χ3n) is 2.57. The zero-order valence-corrected chi connectivity index (χ0v) is 10.5. The van der Waals surface area contributed by atoms with Crippen molar-refractivity contribution in [1.82, 2.24) is 0 Å². The van der Waals surface area contributed by atoms with Crippen LogP contribution in [0, 0.1) is 26.2 Å². The molecule has 0 saturated carbocycles. The van der Waals surface area contributed by atoms with Crippen molar-refractivity contribution in [2.45, 2.75) is 33.1 Å². The van der Waals surface area contributed by atoms with Gasteiger partial charge in [-0.05, 0) is 42.5 Å². The van der Waals surface area contributed by atoms with Crippen LogP contribution in [-0.4, -0.2) is 0 Å². The highest BCUT2D eigenvalue weighted by Crippen LogP contribution is 2.29. The normalized spacial score (nSPS) is 12.2. The first-order valence-electron chi connectivity index (χ1n) is 4.76. The maximum Gasteiger partial charge on any atom is 0.0213 e. The summed E-state index contributed by atoms with van der Waals surface area (Å²) < 4.78 is 1.17. The molecule has 0 aliphatic heterocycles. The van der Waals surface area contributed by atoms with Gasteiger partial charge in [0, 0.05) is 10.9 Å². The lowest BCUT2D eigenvalue weighted by molar-refractivity contribution is 0.790. The highest BCUT2D eigenvalue weighted by Gasteiger charge is 2.09. The van der Waals surface area contributed by atoms with E-state index in [1.54, 1.807) is 0 Å². The summed E-state index contributed by atoms with van der Waals surface area (Å²) in [7, 11) is 0. The van der Waals surface area contributed by atoms with Crippen LogP contribution in [-0.2, 0) is 0 Å². The third-order valence-corrected chi connectivity index (χ3v) is 3.25. The van der Waals surface area contributed by atoms with Gasteiger partial charge >= 0.3 is 0 Å². The number of halogens is 1. The Balaban J connectivity index is 3.10. The van der Waals surface area contributed by atoms with Gasteiger partial charge in [-0.25, -0.2) is 0 Å². The quantitative estimate of drug-likeness (QED) is 0.691. The number of hydrogen-bond donors (Lipinski definition) is 0. The van der Waals surface area contributed by atoms with E-state index < -0.39 is 0 Å². The summed E-state index contributed by atoms with van der Waals surface area (Å²) in [4.78, 5) is 0. The zero-order chi connectivity index (χ0) is 10.7. The number of rotatable bonds is 2. The number of hydrogen-bond acceptors (Lipinski definition) is 0. The van der Waals surface area contributed by atoms with E-state index in [-0.39, 0.29) is 0 Å². The van der Waals surface area contributed by atoms with Gasteiger partial charge in [-0.2, -0.15) is 0 Å². The summed E-state index contributed by atoms with van der Waals surface area (Å²) in [5.41, 5.74) is 3.95. The van der Waals surface area contributed by atoms with Crippen LogP contribution < -0.4 is 0 Å². The number of benzene rings is 1. The third kappa shape index (κ3) is 2.39. The molecule has 0 spiro atoms. The Hall–Kier alpha value is -0.740. The first-order valence-corrected chi connectivity index (χ1v) is 5.55. The molecule has 1 atom stereocenters. The highest BCUT2D eigenvalue weighted by atomic mass is 79.9. The second-order valence-electron chi connectivity index (χ2n) is 3.77. The van der Waals surface area contributed by atoms with E-state index in [4.69, 9.17) is 6.42 Å². The minimum Gasteiger partial charge on any atom is -0.120 e. The van der Waals surface area contributed by atoms with E-state index in [2.05, 4.69) is 54.8 Å². The van der Waals surface area contributed by atoms with Crippen molar-refractivity contribution in [1.29, 1.82) is 0 Å². The van der Waals surface area contributed by atoms with Gasteiger partial charge < -0.3 is 0 Å². The van der Waals surface area contributed by atoms with Crippen molar-refractivity contribution in [3.8, 4) is 12.3 Å². The van der Waals surface area contributed by atoms with Gasteiger partial charge in [-0.1, -0.05) is 28.9 Å². The maximum absolute atomic E-state index is 5.32. The lowest BCUT2D eigenvalue weighted by Crippen LogP contribution is -1.96. The van der Waals surface area contributed by atoms with E-state index in [0.717, 1.165) is 6.42 Å². The molecule has 0 amide bonds. The van der Waals surface area contributed by atoms with Gasteiger partial charge in [0.2, 0.25) is 0 Å². The topological polar surface area (TPSA) is 0 Å². The molecule has 0 bridgehead atoms. The number of terminal acetylenes is 1. The Bertz CT molecular complexity index is 372. The van der Waals surface area contributed by atoms with Gasteiger partial charge in [-0.15, -0.1) is 12.3 Å². The van der Waals surface area contributed by atoms with Crippen LogP contribution in [0.1, 0.15) is 36.0 Å². The van der Waals surface area contributed by atoms with Crippen LogP contribution in [0.15, 0.2) is 16.6 Å². The molecule has 0 nitrogen and oxygen atoms in total. The van der Waals surface area contributed by atoms with Crippen molar-refractivity contribution in [2.24, 2.45) is 0 Å². The Labute approximate surface area is 94.9 Å².